The highest BCUT2D eigenvalue weighted by molar-refractivity contribution is 8.00. The molecule has 0 bridgehead atoms. The van der Waals surface area contributed by atoms with Gasteiger partial charge in [-0.2, -0.15) is 0 Å². The zero-order chi connectivity index (χ0) is 23.0. The third kappa shape index (κ3) is 6.43. The molecule has 1 aliphatic rings. The van der Waals surface area contributed by atoms with Crippen molar-refractivity contribution >= 4 is 35.0 Å². The molecule has 1 heterocycles. The summed E-state index contributed by atoms with van der Waals surface area (Å²) in [6.45, 7) is 2.79. The first-order valence-corrected chi connectivity index (χ1v) is 11.4. The summed E-state index contributed by atoms with van der Waals surface area (Å²) in [6.07, 6.45) is 0. The maximum absolute atomic E-state index is 12.6. The second-order valence-electron chi connectivity index (χ2n) is 7.28. The fourth-order valence-corrected chi connectivity index (χ4v) is 3.97. The number of para-hydroxylation sites is 1. The first-order valence-electron chi connectivity index (χ1n) is 10.5. The van der Waals surface area contributed by atoms with E-state index >= 15 is 0 Å². The van der Waals surface area contributed by atoms with E-state index in [9.17, 15) is 9.59 Å². The Morgan fingerprint density at radius 2 is 1.61 bits per heavy atom. The highest BCUT2D eigenvalue weighted by Gasteiger charge is 2.17. The van der Waals surface area contributed by atoms with Gasteiger partial charge in [0.2, 0.25) is 5.91 Å². The van der Waals surface area contributed by atoms with E-state index in [1.54, 1.807) is 42.5 Å². The number of fused-ring (bicyclic) bond motifs is 1. The summed E-state index contributed by atoms with van der Waals surface area (Å²) in [5, 5.41) is 5.39. The molecule has 1 atom stereocenters. The second kappa shape index (κ2) is 10.8. The molecule has 4 rings (SSSR count). The van der Waals surface area contributed by atoms with Gasteiger partial charge in [0, 0.05) is 22.3 Å². The van der Waals surface area contributed by atoms with Crippen molar-refractivity contribution in [3.63, 3.8) is 0 Å². The molecule has 0 aromatic heterocycles. The Hall–Kier alpha value is -3.65. The summed E-state index contributed by atoms with van der Waals surface area (Å²) in [4.78, 5) is 25.6. The molecule has 1 unspecified atom stereocenters. The molecule has 3 aromatic carbocycles. The molecular weight excluding hydrogens is 440 g/mol. The lowest BCUT2D eigenvalue weighted by molar-refractivity contribution is -0.118. The van der Waals surface area contributed by atoms with E-state index in [4.69, 9.17) is 14.2 Å². The molecular formula is C25H24N2O5S. The maximum Gasteiger partial charge on any atom is 0.262 e. The molecule has 0 spiro atoms. The minimum absolute atomic E-state index is 0.0718. The van der Waals surface area contributed by atoms with Crippen LogP contribution in [0.2, 0.25) is 0 Å². The molecule has 2 amide bonds. The number of amides is 2. The van der Waals surface area contributed by atoms with Crippen molar-refractivity contribution in [1.29, 1.82) is 0 Å². The Bertz CT molecular complexity index is 1110. The topological polar surface area (TPSA) is 85.9 Å². The average Bonchev–Trinajstić information content (AvgIpc) is 2.84. The van der Waals surface area contributed by atoms with Gasteiger partial charge >= 0.3 is 0 Å². The highest BCUT2D eigenvalue weighted by atomic mass is 32.2. The van der Waals surface area contributed by atoms with Crippen LogP contribution >= 0.6 is 11.8 Å². The molecule has 2 N–H and O–H groups in total. The second-order valence-corrected chi connectivity index (χ2v) is 8.70. The van der Waals surface area contributed by atoms with Crippen LogP contribution in [0.5, 0.6) is 17.2 Å². The maximum atomic E-state index is 12.6. The Balaban J connectivity index is 1.25. The Morgan fingerprint density at radius 3 is 2.36 bits per heavy atom. The van der Waals surface area contributed by atoms with Gasteiger partial charge in [-0.15, -0.1) is 11.8 Å². The van der Waals surface area contributed by atoms with Crippen molar-refractivity contribution in [2.75, 3.05) is 30.5 Å². The van der Waals surface area contributed by atoms with Crippen molar-refractivity contribution in [3.05, 3.63) is 72.8 Å². The third-order valence-corrected chi connectivity index (χ3v) is 5.85. The zero-order valence-corrected chi connectivity index (χ0v) is 18.9. The molecule has 7 nitrogen and oxygen atoms in total. The monoisotopic (exact) mass is 464 g/mol. The molecule has 0 radical (unpaired) electrons. The van der Waals surface area contributed by atoms with E-state index < -0.39 is 0 Å². The van der Waals surface area contributed by atoms with Gasteiger partial charge in [-0.05, 0) is 55.5 Å². The number of benzene rings is 3. The number of anilines is 2. The molecule has 0 aliphatic carbocycles. The number of carbonyl (C=O) groups is 2. The Kier molecular flexibility index (Phi) is 7.36. The quantitative estimate of drug-likeness (QED) is 0.474. The molecule has 0 saturated heterocycles. The normalized spacial score (nSPS) is 13.0. The van der Waals surface area contributed by atoms with E-state index in [1.807, 2.05) is 37.3 Å². The van der Waals surface area contributed by atoms with E-state index in [-0.39, 0.29) is 23.7 Å². The smallest absolute Gasteiger partial charge is 0.262 e. The van der Waals surface area contributed by atoms with Crippen LogP contribution in [0.4, 0.5) is 11.4 Å². The van der Waals surface area contributed by atoms with E-state index in [0.29, 0.717) is 41.8 Å². The van der Waals surface area contributed by atoms with Gasteiger partial charge in [0.25, 0.3) is 5.91 Å². The van der Waals surface area contributed by atoms with Crippen LogP contribution in [0.25, 0.3) is 0 Å². The van der Waals surface area contributed by atoms with Crippen molar-refractivity contribution in [2.45, 2.75) is 17.1 Å². The molecule has 8 heteroatoms. The minimum atomic E-state index is -0.321. The number of rotatable bonds is 8. The van der Waals surface area contributed by atoms with Crippen molar-refractivity contribution in [2.24, 2.45) is 0 Å². The fourth-order valence-electron chi connectivity index (χ4n) is 3.10. The third-order valence-electron chi connectivity index (χ3n) is 4.74. The zero-order valence-electron chi connectivity index (χ0n) is 18.1. The highest BCUT2D eigenvalue weighted by Crippen LogP contribution is 2.33. The van der Waals surface area contributed by atoms with Crippen LogP contribution in [0, 0.1) is 0 Å². The van der Waals surface area contributed by atoms with Crippen LogP contribution in [-0.2, 0) is 9.59 Å². The minimum Gasteiger partial charge on any atom is -0.486 e. The van der Waals surface area contributed by atoms with Gasteiger partial charge in [-0.1, -0.05) is 18.2 Å². The lowest BCUT2D eigenvalue weighted by Crippen LogP contribution is -2.22. The van der Waals surface area contributed by atoms with Gasteiger partial charge in [0.05, 0.1) is 5.25 Å². The molecule has 0 fully saturated rings. The van der Waals surface area contributed by atoms with Crippen LogP contribution in [-0.4, -0.2) is 36.9 Å². The lowest BCUT2D eigenvalue weighted by Gasteiger charge is -2.19. The van der Waals surface area contributed by atoms with Crippen LogP contribution in [0.1, 0.15) is 6.92 Å². The molecule has 170 valence electrons. The lowest BCUT2D eigenvalue weighted by atomic mass is 10.2. The fraction of sp³-hybridized carbons (Fsp3) is 0.200. The standard InChI is InChI=1S/C25H24N2O5S/c1-17(25(29)27-19-9-12-22-23(15-19)31-14-13-30-22)33-21-10-7-18(8-11-21)26-24(28)16-32-20-5-3-2-4-6-20/h2-12,15,17H,13-14,16H2,1H3,(H,26,28)(H,27,29). The Morgan fingerprint density at radius 1 is 0.909 bits per heavy atom. The predicted octanol–water partition coefficient (Wildman–Crippen LogP) is 4.59. The van der Waals surface area contributed by atoms with Gasteiger partial charge < -0.3 is 24.8 Å². The average molecular weight is 465 g/mol. The summed E-state index contributed by atoms with van der Waals surface area (Å²) in [5.41, 5.74) is 1.32. The van der Waals surface area contributed by atoms with Crippen molar-refractivity contribution in [1.82, 2.24) is 0 Å². The first kappa shape index (κ1) is 22.5. The molecule has 0 saturated carbocycles. The van der Waals surface area contributed by atoms with E-state index in [2.05, 4.69) is 10.6 Å². The van der Waals surface area contributed by atoms with E-state index in [1.165, 1.54) is 11.8 Å². The summed E-state index contributed by atoms with van der Waals surface area (Å²) in [7, 11) is 0. The molecule has 3 aromatic rings. The first-order chi connectivity index (χ1) is 16.1. The number of ether oxygens (including phenoxy) is 3. The number of hydrogen-bond donors (Lipinski definition) is 2. The van der Waals surface area contributed by atoms with Gasteiger partial charge in [-0.3, -0.25) is 9.59 Å². The predicted molar refractivity (Wildman–Crippen MR) is 128 cm³/mol. The van der Waals surface area contributed by atoms with Crippen LogP contribution in [0.3, 0.4) is 0 Å². The number of nitrogens with one attached hydrogen (secondary N) is 2. The van der Waals surface area contributed by atoms with Crippen LogP contribution in [0.15, 0.2) is 77.7 Å². The van der Waals surface area contributed by atoms with Gasteiger partial charge in [0.1, 0.15) is 19.0 Å². The summed E-state index contributed by atoms with van der Waals surface area (Å²) in [5.74, 6) is 1.59. The SMILES string of the molecule is CC(Sc1ccc(NC(=O)COc2ccccc2)cc1)C(=O)Nc1ccc2c(c1)OCCO2. The molecule has 1 aliphatic heterocycles. The van der Waals surface area contributed by atoms with Crippen molar-refractivity contribution < 1.29 is 23.8 Å². The van der Waals surface area contributed by atoms with Crippen LogP contribution < -0.4 is 24.8 Å². The Labute approximate surface area is 196 Å². The van der Waals surface area contributed by atoms with Crippen molar-refractivity contribution in [3.8, 4) is 17.2 Å². The number of hydrogen-bond acceptors (Lipinski definition) is 6. The number of carbonyl (C=O) groups excluding carboxylic acids is 2. The summed E-state index contributed by atoms with van der Waals surface area (Å²) >= 11 is 1.43. The largest absolute Gasteiger partial charge is 0.486 e. The summed E-state index contributed by atoms with van der Waals surface area (Å²) < 4.78 is 16.5. The molecule has 33 heavy (non-hydrogen) atoms. The van der Waals surface area contributed by atoms with Gasteiger partial charge in [-0.25, -0.2) is 0 Å². The summed E-state index contributed by atoms with van der Waals surface area (Å²) in [6, 6.07) is 21.9. The van der Waals surface area contributed by atoms with E-state index in [0.717, 1.165) is 4.90 Å². The number of thioether (sulfide) groups is 1. The van der Waals surface area contributed by atoms with Gasteiger partial charge in [0.15, 0.2) is 18.1 Å².